The third-order valence-electron chi connectivity index (χ3n) is 4.83. The van der Waals surface area contributed by atoms with Crippen LogP contribution in [0.25, 0.3) is 11.3 Å². The molecule has 1 saturated heterocycles. The minimum Gasteiger partial charge on any atom is -0.488 e. The van der Waals surface area contributed by atoms with E-state index in [0.717, 1.165) is 60.1 Å². The Morgan fingerprint density at radius 2 is 2.04 bits per heavy atom. The van der Waals surface area contributed by atoms with Crippen LogP contribution in [-0.4, -0.2) is 48.9 Å². The van der Waals surface area contributed by atoms with Gasteiger partial charge >= 0.3 is 0 Å². The molecule has 4 rings (SSSR count). The van der Waals surface area contributed by atoms with Gasteiger partial charge in [0.15, 0.2) is 0 Å². The van der Waals surface area contributed by atoms with E-state index in [-0.39, 0.29) is 6.10 Å². The highest BCUT2D eigenvalue weighted by molar-refractivity contribution is 6.31. The molecule has 138 valence electrons. The lowest BCUT2D eigenvalue weighted by Gasteiger charge is -2.27. The summed E-state index contributed by atoms with van der Waals surface area (Å²) in [7, 11) is 0. The number of aryl methyl sites for hydroxylation is 1. The Balaban J connectivity index is 1.78. The molecule has 0 spiro atoms. The molecule has 7 heteroatoms. The molecule has 0 amide bonds. The first kappa shape index (κ1) is 17.5. The summed E-state index contributed by atoms with van der Waals surface area (Å²) in [6.07, 6.45) is 1.61. The normalized spacial score (nSPS) is 19.3. The SMILES string of the molecule is CCc1cc(-c2cc(Cl)cc3c2O[C@H](CN)C3)nc(N2CCOCC2)n1. The monoisotopic (exact) mass is 374 g/mol. The smallest absolute Gasteiger partial charge is 0.226 e. The molecule has 1 atom stereocenters. The van der Waals surface area contributed by atoms with Gasteiger partial charge in [0, 0.05) is 47.9 Å². The molecule has 2 aliphatic rings. The van der Waals surface area contributed by atoms with Crippen molar-refractivity contribution >= 4 is 17.5 Å². The van der Waals surface area contributed by atoms with E-state index in [2.05, 4.69) is 11.8 Å². The molecule has 0 saturated carbocycles. The average molecular weight is 375 g/mol. The number of aromatic nitrogens is 2. The van der Waals surface area contributed by atoms with E-state index in [4.69, 9.17) is 36.8 Å². The summed E-state index contributed by atoms with van der Waals surface area (Å²) in [5.41, 5.74) is 9.65. The van der Waals surface area contributed by atoms with Crippen molar-refractivity contribution in [3.05, 3.63) is 34.5 Å². The number of anilines is 1. The van der Waals surface area contributed by atoms with Crippen molar-refractivity contribution in [1.29, 1.82) is 0 Å². The Hall–Kier alpha value is -1.89. The fourth-order valence-electron chi connectivity index (χ4n) is 3.42. The lowest BCUT2D eigenvalue weighted by atomic mass is 10.0. The minimum atomic E-state index is -0.00610. The molecule has 26 heavy (non-hydrogen) atoms. The summed E-state index contributed by atoms with van der Waals surface area (Å²) < 4.78 is 11.5. The zero-order valence-electron chi connectivity index (χ0n) is 14.9. The molecule has 2 aliphatic heterocycles. The second-order valence-electron chi connectivity index (χ2n) is 6.62. The number of halogens is 1. The number of rotatable bonds is 4. The Morgan fingerprint density at radius 1 is 1.23 bits per heavy atom. The van der Waals surface area contributed by atoms with Crippen molar-refractivity contribution in [3.8, 4) is 17.0 Å². The molecular formula is C19H23ClN4O2. The molecule has 0 bridgehead atoms. The van der Waals surface area contributed by atoms with Crippen molar-refractivity contribution in [2.24, 2.45) is 5.73 Å². The Morgan fingerprint density at radius 3 is 2.77 bits per heavy atom. The molecule has 0 unspecified atom stereocenters. The first-order valence-corrected chi connectivity index (χ1v) is 9.46. The lowest BCUT2D eigenvalue weighted by Crippen LogP contribution is -2.37. The van der Waals surface area contributed by atoms with Crippen LogP contribution in [-0.2, 0) is 17.6 Å². The zero-order valence-corrected chi connectivity index (χ0v) is 15.6. The van der Waals surface area contributed by atoms with Gasteiger partial charge in [-0.2, -0.15) is 0 Å². The van der Waals surface area contributed by atoms with Gasteiger partial charge in [-0.25, -0.2) is 9.97 Å². The van der Waals surface area contributed by atoms with Crippen LogP contribution in [0.4, 0.5) is 5.95 Å². The quantitative estimate of drug-likeness (QED) is 0.886. The number of ether oxygens (including phenoxy) is 2. The number of hydrogen-bond donors (Lipinski definition) is 1. The van der Waals surface area contributed by atoms with Gasteiger partial charge in [0.25, 0.3) is 0 Å². The van der Waals surface area contributed by atoms with Gasteiger partial charge in [-0.3, -0.25) is 0 Å². The van der Waals surface area contributed by atoms with Crippen LogP contribution in [0.15, 0.2) is 18.2 Å². The maximum absolute atomic E-state index is 6.37. The van der Waals surface area contributed by atoms with E-state index < -0.39 is 0 Å². The minimum absolute atomic E-state index is 0.00610. The van der Waals surface area contributed by atoms with Crippen molar-refractivity contribution < 1.29 is 9.47 Å². The number of nitrogens with zero attached hydrogens (tertiary/aromatic N) is 3. The van der Waals surface area contributed by atoms with Crippen LogP contribution in [0.2, 0.25) is 5.02 Å². The van der Waals surface area contributed by atoms with Crippen LogP contribution in [0.5, 0.6) is 5.75 Å². The molecule has 1 aromatic carbocycles. The number of benzene rings is 1. The van der Waals surface area contributed by atoms with Crippen molar-refractivity contribution in [3.63, 3.8) is 0 Å². The van der Waals surface area contributed by atoms with E-state index in [0.29, 0.717) is 24.8 Å². The number of hydrogen-bond acceptors (Lipinski definition) is 6. The van der Waals surface area contributed by atoms with Crippen LogP contribution in [0, 0.1) is 0 Å². The molecule has 3 heterocycles. The van der Waals surface area contributed by atoms with Crippen molar-refractivity contribution in [1.82, 2.24) is 9.97 Å². The largest absolute Gasteiger partial charge is 0.488 e. The molecule has 2 N–H and O–H groups in total. The van der Waals surface area contributed by atoms with Gasteiger partial charge in [-0.15, -0.1) is 0 Å². The summed E-state index contributed by atoms with van der Waals surface area (Å²) in [6.45, 7) is 5.57. The highest BCUT2D eigenvalue weighted by Crippen LogP contribution is 2.40. The molecule has 1 fully saturated rings. The van der Waals surface area contributed by atoms with Crippen LogP contribution in [0.1, 0.15) is 18.2 Å². The molecule has 0 radical (unpaired) electrons. The van der Waals surface area contributed by atoms with Gasteiger partial charge in [-0.05, 0) is 24.6 Å². The second kappa shape index (κ2) is 7.39. The third kappa shape index (κ3) is 3.37. The molecule has 1 aromatic heterocycles. The fraction of sp³-hybridized carbons (Fsp3) is 0.474. The summed E-state index contributed by atoms with van der Waals surface area (Å²) in [5.74, 6) is 1.59. The van der Waals surface area contributed by atoms with E-state index in [9.17, 15) is 0 Å². The molecule has 0 aliphatic carbocycles. The van der Waals surface area contributed by atoms with Crippen LogP contribution < -0.4 is 15.4 Å². The second-order valence-corrected chi connectivity index (χ2v) is 7.06. The van der Waals surface area contributed by atoms with E-state index >= 15 is 0 Å². The summed E-state index contributed by atoms with van der Waals surface area (Å²) in [6, 6.07) is 5.90. The molecule has 6 nitrogen and oxygen atoms in total. The first-order chi connectivity index (χ1) is 12.7. The summed E-state index contributed by atoms with van der Waals surface area (Å²) in [4.78, 5) is 11.7. The number of nitrogens with two attached hydrogens (primary N) is 1. The number of fused-ring (bicyclic) bond motifs is 1. The Labute approximate surface area is 158 Å². The van der Waals surface area contributed by atoms with E-state index in [1.54, 1.807) is 0 Å². The van der Waals surface area contributed by atoms with Gasteiger partial charge in [0.1, 0.15) is 11.9 Å². The topological polar surface area (TPSA) is 73.5 Å². The van der Waals surface area contributed by atoms with Crippen LogP contribution >= 0.6 is 11.6 Å². The standard InChI is InChI=1S/C19H23ClN4O2/c1-2-14-10-17(23-19(22-14)24-3-5-25-6-4-24)16-9-13(20)7-12-8-15(11-21)26-18(12)16/h7,9-10,15H,2-6,8,11,21H2,1H3/t15-/m0/s1. The Kier molecular flexibility index (Phi) is 4.98. The first-order valence-electron chi connectivity index (χ1n) is 9.08. The van der Waals surface area contributed by atoms with Gasteiger partial charge < -0.3 is 20.1 Å². The highest BCUT2D eigenvalue weighted by atomic mass is 35.5. The fourth-order valence-corrected chi connectivity index (χ4v) is 3.66. The number of morpholine rings is 1. The predicted molar refractivity (Wildman–Crippen MR) is 102 cm³/mol. The van der Waals surface area contributed by atoms with Crippen LogP contribution in [0.3, 0.4) is 0 Å². The molecular weight excluding hydrogens is 352 g/mol. The maximum Gasteiger partial charge on any atom is 0.226 e. The van der Waals surface area contributed by atoms with E-state index in [1.807, 2.05) is 18.2 Å². The van der Waals surface area contributed by atoms with Gasteiger partial charge in [0.2, 0.25) is 5.95 Å². The maximum atomic E-state index is 6.37. The summed E-state index contributed by atoms with van der Waals surface area (Å²) in [5, 5.41) is 0.685. The van der Waals surface area contributed by atoms with Gasteiger partial charge in [-0.1, -0.05) is 18.5 Å². The third-order valence-corrected chi connectivity index (χ3v) is 5.04. The van der Waals surface area contributed by atoms with Crippen molar-refractivity contribution in [2.45, 2.75) is 25.9 Å². The lowest BCUT2D eigenvalue weighted by molar-refractivity contribution is 0.122. The summed E-state index contributed by atoms with van der Waals surface area (Å²) >= 11 is 6.37. The average Bonchev–Trinajstić information content (AvgIpc) is 3.10. The zero-order chi connectivity index (χ0) is 18.1. The predicted octanol–water partition coefficient (Wildman–Crippen LogP) is 2.46. The van der Waals surface area contributed by atoms with Gasteiger partial charge in [0.05, 0.1) is 18.9 Å². The van der Waals surface area contributed by atoms with Crippen molar-refractivity contribution in [2.75, 3.05) is 37.7 Å². The highest BCUT2D eigenvalue weighted by Gasteiger charge is 2.27. The van der Waals surface area contributed by atoms with E-state index in [1.165, 1.54) is 0 Å². The Bertz CT molecular complexity index is 808. The molecule has 2 aromatic rings.